The predicted molar refractivity (Wildman–Crippen MR) is 88.3 cm³/mol. The van der Waals surface area contributed by atoms with Crippen LogP contribution in [0.4, 0.5) is 5.69 Å². The highest BCUT2D eigenvalue weighted by Gasteiger charge is 2.29. The first-order valence-corrected chi connectivity index (χ1v) is 8.52. The first kappa shape index (κ1) is 14.9. The monoisotopic (exact) mass is 351 g/mol. The summed E-state index contributed by atoms with van der Waals surface area (Å²) in [5, 5.41) is 0. The number of amides is 1. The lowest BCUT2D eigenvalue weighted by Crippen LogP contribution is -2.49. The molecule has 0 saturated carbocycles. The number of hydrogen-bond donors (Lipinski definition) is 1. The average molecular weight is 352 g/mol. The maximum Gasteiger partial charge on any atom is 0.254 e. The number of nitrogens with two attached hydrogens (primary N) is 1. The highest BCUT2D eigenvalue weighted by atomic mass is 79.9. The van der Waals surface area contributed by atoms with Gasteiger partial charge < -0.3 is 10.6 Å². The van der Waals surface area contributed by atoms with Gasteiger partial charge in [-0.05, 0) is 57.0 Å². The van der Waals surface area contributed by atoms with Crippen LogP contribution in [0.2, 0.25) is 0 Å². The van der Waals surface area contributed by atoms with Gasteiger partial charge in [0, 0.05) is 34.9 Å². The van der Waals surface area contributed by atoms with E-state index in [9.17, 15) is 4.79 Å². The summed E-state index contributed by atoms with van der Waals surface area (Å²) in [4.78, 5) is 17.2. The van der Waals surface area contributed by atoms with Gasteiger partial charge in [-0.15, -0.1) is 0 Å². The Morgan fingerprint density at radius 3 is 2.62 bits per heavy atom. The first-order valence-electron chi connectivity index (χ1n) is 7.73. The molecule has 1 amide bonds. The van der Waals surface area contributed by atoms with Gasteiger partial charge in [0.2, 0.25) is 0 Å². The minimum atomic E-state index is 0.104. The van der Waals surface area contributed by atoms with E-state index in [2.05, 4.69) is 20.8 Å². The Morgan fingerprint density at radius 2 is 1.90 bits per heavy atom. The molecule has 114 valence electrons. The Hall–Kier alpha value is -1.07. The van der Waals surface area contributed by atoms with Crippen LogP contribution in [-0.4, -0.2) is 47.9 Å². The molecule has 21 heavy (non-hydrogen) atoms. The van der Waals surface area contributed by atoms with Crippen LogP contribution in [0.3, 0.4) is 0 Å². The summed E-state index contributed by atoms with van der Waals surface area (Å²) in [6.45, 7) is 4.09. The summed E-state index contributed by atoms with van der Waals surface area (Å²) in [7, 11) is 0. The van der Waals surface area contributed by atoms with Gasteiger partial charge in [-0.25, -0.2) is 0 Å². The number of rotatable bonds is 2. The lowest BCUT2D eigenvalue weighted by atomic mass is 10.0. The van der Waals surface area contributed by atoms with Crippen molar-refractivity contribution in [3.05, 3.63) is 28.2 Å². The third-order valence-corrected chi connectivity index (χ3v) is 4.97. The fraction of sp³-hybridized carbons (Fsp3) is 0.562. The van der Waals surface area contributed by atoms with Crippen LogP contribution in [0.25, 0.3) is 0 Å². The molecule has 0 spiro atoms. The topological polar surface area (TPSA) is 49.6 Å². The van der Waals surface area contributed by atoms with E-state index in [-0.39, 0.29) is 5.91 Å². The Balaban J connectivity index is 1.71. The van der Waals surface area contributed by atoms with Crippen molar-refractivity contribution in [2.75, 3.05) is 31.9 Å². The Kier molecular flexibility index (Phi) is 4.50. The maximum absolute atomic E-state index is 12.7. The normalized spacial score (nSPS) is 23.5. The molecule has 1 aromatic carbocycles. The number of hydrogen-bond acceptors (Lipinski definition) is 3. The maximum atomic E-state index is 12.7. The van der Waals surface area contributed by atoms with Gasteiger partial charge in [-0.2, -0.15) is 0 Å². The molecule has 2 N–H and O–H groups in total. The van der Waals surface area contributed by atoms with Gasteiger partial charge >= 0.3 is 0 Å². The van der Waals surface area contributed by atoms with Crippen LogP contribution in [-0.2, 0) is 0 Å². The Morgan fingerprint density at radius 1 is 1.14 bits per heavy atom. The third-order valence-electron chi connectivity index (χ3n) is 4.51. The molecule has 1 atom stereocenters. The van der Waals surface area contributed by atoms with Crippen LogP contribution in [0.1, 0.15) is 36.0 Å². The first-order chi connectivity index (χ1) is 10.1. The van der Waals surface area contributed by atoms with Crippen molar-refractivity contribution in [3.63, 3.8) is 0 Å². The standard InChI is InChI=1S/C16H22BrN3O/c17-13-8-12(9-14(18)10-13)16(21)20-7-3-4-15(11-20)19-5-1-2-6-19/h8-10,15H,1-7,11,18H2. The van der Waals surface area contributed by atoms with Crippen LogP contribution in [0.15, 0.2) is 22.7 Å². The fourth-order valence-electron chi connectivity index (χ4n) is 3.46. The van der Waals surface area contributed by atoms with Gasteiger partial charge in [0.05, 0.1) is 0 Å². The quantitative estimate of drug-likeness (QED) is 0.833. The van der Waals surface area contributed by atoms with Crippen LogP contribution < -0.4 is 5.73 Å². The molecule has 2 saturated heterocycles. The second-order valence-corrected chi connectivity index (χ2v) is 6.98. The summed E-state index contributed by atoms with van der Waals surface area (Å²) in [5.74, 6) is 0.104. The molecule has 0 aromatic heterocycles. The molecule has 0 radical (unpaired) electrons. The molecule has 2 fully saturated rings. The number of carbonyl (C=O) groups excluding carboxylic acids is 1. The molecule has 2 aliphatic rings. The third kappa shape index (κ3) is 3.40. The minimum Gasteiger partial charge on any atom is -0.399 e. The molecular weight excluding hydrogens is 330 g/mol. The molecule has 2 aliphatic heterocycles. The number of piperidine rings is 1. The van der Waals surface area contributed by atoms with Crippen molar-refractivity contribution in [2.45, 2.75) is 31.7 Å². The van der Waals surface area contributed by atoms with Crippen LogP contribution in [0.5, 0.6) is 0 Å². The van der Waals surface area contributed by atoms with E-state index in [1.54, 1.807) is 6.07 Å². The number of halogens is 1. The van der Waals surface area contributed by atoms with Crippen molar-refractivity contribution in [1.29, 1.82) is 0 Å². The smallest absolute Gasteiger partial charge is 0.254 e. The summed E-state index contributed by atoms with van der Waals surface area (Å²) < 4.78 is 0.860. The number of nitrogens with zero attached hydrogens (tertiary/aromatic N) is 2. The molecule has 1 aromatic rings. The summed E-state index contributed by atoms with van der Waals surface area (Å²) in [6, 6.07) is 5.99. The molecule has 1 unspecified atom stereocenters. The van der Waals surface area contributed by atoms with Crippen LogP contribution >= 0.6 is 15.9 Å². The predicted octanol–water partition coefficient (Wildman–Crippen LogP) is 2.73. The second-order valence-electron chi connectivity index (χ2n) is 6.06. The average Bonchev–Trinajstić information content (AvgIpc) is 3.00. The zero-order chi connectivity index (χ0) is 14.8. The number of likely N-dealkylation sites (tertiary alicyclic amines) is 2. The lowest BCUT2D eigenvalue weighted by molar-refractivity contribution is 0.0608. The fourth-order valence-corrected chi connectivity index (χ4v) is 3.97. The summed E-state index contributed by atoms with van der Waals surface area (Å²) >= 11 is 3.41. The molecule has 0 bridgehead atoms. The highest BCUT2D eigenvalue weighted by Crippen LogP contribution is 2.23. The lowest BCUT2D eigenvalue weighted by Gasteiger charge is -2.37. The van der Waals surface area contributed by atoms with E-state index in [0.29, 0.717) is 17.3 Å². The van der Waals surface area contributed by atoms with E-state index in [1.807, 2.05) is 17.0 Å². The Labute approximate surface area is 134 Å². The van der Waals surface area contributed by atoms with Crippen molar-refractivity contribution in [1.82, 2.24) is 9.80 Å². The molecule has 3 rings (SSSR count). The van der Waals surface area contributed by atoms with Crippen molar-refractivity contribution in [2.24, 2.45) is 0 Å². The second kappa shape index (κ2) is 6.36. The van der Waals surface area contributed by atoms with E-state index < -0.39 is 0 Å². The van der Waals surface area contributed by atoms with E-state index >= 15 is 0 Å². The van der Waals surface area contributed by atoms with Gasteiger partial charge in [0.25, 0.3) is 5.91 Å². The minimum absolute atomic E-state index is 0.104. The van der Waals surface area contributed by atoms with Gasteiger partial charge in [-0.3, -0.25) is 9.69 Å². The van der Waals surface area contributed by atoms with Gasteiger partial charge in [-0.1, -0.05) is 15.9 Å². The van der Waals surface area contributed by atoms with Gasteiger partial charge in [0.15, 0.2) is 0 Å². The number of nitrogen functional groups attached to an aromatic ring is 1. The van der Waals surface area contributed by atoms with E-state index in [0.717, 1.165) is 24.0 Å². The number of carbonyl (C=O) groups is 1. The largest absolute Gasteiger partial charge is 0.399 e. The molecule has 2 heterocycles. The van der Waals surface area contributed by atoms with Crippen molar-refractivity contribution >= 4 is 27.5 Å². The molecule has 0 aliphatic carbocycles. The zero-order valence-electron chi connectivity index (χ0n) is 12.2. The number of benzene rings is 1. The molecule has 5 heteroatoms. The van der Waals surface area contributed by atoms with Crippen molar-refractivity contribution in [3.8, 4) is 0 Å². The Bertz CT molecular complexity index is 508. The van der Waals surface area contributed by atoms with E-state index in [1.165, 1.54) is 32.4 Å². The summed E-state index contributed by atoms with van der Waals surface area (Å²) in [6.07, 6.45) is 4.90. The molecule has 4 nitrogen and oxygen atoms in total. The molecular formula is C16H22BrN3O. The van der Waals surface area contributed by atoms with Crippen LogP contribution in [0, 0.1) is 0 Å². The SMILES string of the molecule is Nc1cc(Br)cc(C(=O)N2CCCC(N3CCCC3)C2)c1. The van der Waals surface area contributed by atoms with Gasteiger partial charge in [0.1, 0.15) is 0 Å². The van der Waals surface area contributed by atoms with E-state index in [4.69, 9.17) is 5.73 Å². The number of anilines is 1. The highest BCUT2D eigenvalue weighted by molar-refractivity contribution is 9.10. The zero-order valence-corrected chi connectivity index (χ0v) is 13.8. The summed E-state index contributed by atoms with van der Waals surface area (Å²) in [5.41, 5.74) is 7.15. The van der Waals surface area contributed by atoms with Crippen molar-refractivity contribution < 1.29 is 4.79 Å².